The average Bonchev–Trinajstić information content (AvgIpc) is 3.61. The normalized spacial score (nSPS) is 23.0. The predicted molar refractivity (Wildman–Crippen MR) is 159 cm³/mol. The summed E-state index contributed by atoms with van der Waals surface area (Å²) in [5, 5.41) is 14.3. The van der Waals surface area contributed by atoms with E-state index in [4.69, 9.17) is 21.9 Å². The zero-order valence-electron chi connectivity index (χ0n) is 22.5. The number of benzene rings is 2. The van der Waals surface area contributed by atoms with Crippen molar-refractivity contribution in [3.05, 3.63) is 89.0 Å². The van der Waals surface area contributed by atoms with Crippen LogP contribution in [0.15, 0.2) is 67.4 Å². The maximum atomic E-state index is 14.0. The zero-order chi connectivity index (χ0) is 29.6. The van der Waals surface area contributed by atoms with Gasteiger partial charge in [-0.3, -0.25) is 14.4 Å². The molecule has 42 heavy (non-hydrogen) atoms. The first kappa shape index (κ1) is 27.5. The second-order valence-electron chi connectivity index (χ2n) is 10.4. The Morgan fingerprint density at radius 3 is 2.52 bits per heavy atom. The van der Waals surface area contributed by atoms with Crippen molar-refractivity contribution in [3.63, 3.8) is 0 Å². The van der Waals surface area contributed by atoms with Gasteiger partial charge in [-0.15, -0.1) is 16.4 Å². The van der Waals surface area contributed by atoms with Gasteiger partial charge in [0.2, 0.25) is 11.8 Å². The lowest BCUT2D eigenvalue weighted by molar-refractivity contribution is -0.124. The van der Waals surface area contributed by atoms with Gasteiger partial charge in [-0.05, 0) is 60.7 Å². The molecule has 6 rings (SSSR count). The lowest BCUT2D eigenvalue weighted by atomic mass is 9.70. The van der Waals surface area contributed by atoms with E-state index in [9.17, 15) is 14.4 Å². The minimum absolute atomic E-state index is 0.223. The van der Waals surface area contributed by atoms with Crippen LogP contribution in [0.3, 0.4) is 0 Å². The number of carbonyl (C=O) groups excluding carboxylic acids is 3. The molecule has 0 spiro atoms. The lowest BCUT2D eigenvalue weighted by Gasteiger charge is -2.36. The average molecular weight is 584 g/mol. The molecule has 2 aromatic carbocycles. The highest BCUT2D eigenvalue weighted by Crippen LogP contribution is 2.49. The number of nitrogens with two attached hydrogens (primary N) is 3. The Morgan fingerprint density at radius 2 is 1.83 bits per heavy atom. The SMILES string of the molecule is C=CC(=O)N[C@H]1CCC[C@H]1NC(=O)c1sc2c(N)ccc3c2c1C(N)C(=O)C3(N)c1ccc(Oc2cccnn2)cc1. The van der Waals surface area contributed by atoms with Gasteiger partial charge in [-0.2, -0.15) is 5.10 Å². The Kier molecular flexibility index (Phi) is 6.97. The molecule has 2 aromatic heterocycles. The molecule has 2 heterocycles. The summed E-state index contributed by atoms with van der Waals surface area (Å²) in [6.07, 6.45) is 5.04. The van der Waals surface area contributed by atoms with Gasteiger partial charge in [-0.25, -0.2) is 0 Å². The number of anilines is 1. The smallest absolute Gasteiger partial charge is 0.262 e. The van der Waals surface area contributed by atoms with Crippen LogP contribution < -0.4 is 32.6 Å². The monoisotopic (exact) mass is 583 g/mol. The quantitative estimate of drug-likeness (QED) is 0.161. The van der Waals surface area contributed by atoms with E-state index in [-0.39, 0.29) is 23.9 Å². The fraction of sp³-hybridized carbons (Fsp3) is 0.233. The van der Waals surface area contributed by atoms with Crippen molar-refractivity contribution < 1.29 is 19.1 Å². The van der Waals surface area contributed by atoms with E-state index in [0.29, 0.717) is 55.4 Å². The van der Waals surface area contributed by atoms with Crippen molar-refractivity contribution >= 4 is 44.7 Å². The minimum Gasteiger partial charge on any atom is -0.438 e. The van der Waals surface area contributed by atoms with Gasteiger partial charge in [0.15, 0.2) is 5.78 Å². The Morgan fingerprint density at radius 1 is 1.10 bits per heavy atom. The third-order valence-electron chi connectivity index (χ3n) is 7.94. The van der Waals surface area contributed by atoms with Crippen LogP contribution in [-0.4, -0.2) is 39.9 Å². The molecule has 2 unspecified atom stereocenters. The van der Waals surface area contributed by atoms with E-state index in [2.05, 4.69) is 27.4 Å². The van der Waals surface area contributed by atoms with Crippen molar-refractivity contribution in [2.45, 2.75) is 42.9 Å². The Labute approximate surface area is 245 Å². The highest BCUT2D eigenvalue weighted by atomic mass is 32.1. The molecule has 12 heteroatoms. The number of amides is 2. The number of hydrogen-bond acceptors (Lipinski definition) is 10. The number of nitrogen functional groups attached to an aromatic ring is 1. The molecule has 1 fully saturated rings. The largest absolute Gasteiger partial charge is 0.438 e. The molecule has 1 saturated carbocycles. The number of ketones is 1. The third-order valence-corrected chi connectivity index (χ3v) is 9.20. The van der Waals surface area contributed by atoms with E-state index in [1.54, 1.807) is 54.7 Å². The maximum absolute atomic E-state index is 14.0. The predicted octanol–water partition coefficient (Wildman–Crippen LogP) is 2.80. The van der Waals surface area contributed by atoms with E-state index in [1.165, 1.54) is 17.4 Å². The van der Waals surface area contributed by atoms with Crippen LogP contribution in [0, 0.1) is 0 Å². The number of aromatic nitrogens is 2. The first-order valence-electron chi connectivity index (χ1n) is 13.5. The number of rotatable bonds is 7. The standard InChI is InChI=1S/C30H29N7O4S/c1-2-21(38)35-19-5-3-6-20(19)36-29(40)27-24-23-17(12-13-18(31)26(23)42-27)30(33,28(39)25(24)32)15-8-10-16(11-9-15)41-22-7-4-14-34-37-22/h2,4,7-14,19-20,25H,1,3,5-6,31-33H2,(H,35,38)(H,36,40)/t19-,20+,25?,30?/m0/s1. The van der Waals surface area contributed by atoms with E-state index >= 15 is 0 Å². The molecule has 4 aromatic rings. The summed E-state index contributed by atoms with van der Waals surface area (Å²) >= 11 is 1.18. The molecular formula is C30H29N7O4S. The summed E-state index contributed by atoms with van der Waals surface area (Å²) in [6, 6.07) is 11.9. The van der Waals surface area contributed by atoms with Crippen LogP contribution in [0.1, 0.15) is 51.7 Å². The molecule has 214 valence electrons. The Bertz CT molecular complexity index is 1720. The maximum Gasteiger partial charge on any atom is 0.262 e. The number of nitrogens with zero attached hydrogens (tertiary/aromatic N) is 2. The third kappa shape index (κ3) is 4.49. The zero-order valence-corrected chi connectivity index (χ0v) is 23.3. The molecule has 2 amide bonds. The Balaban J connectivity index is 1.37. The molecule has 11 nitrogen and oxygen atoms in total. The number of hydrogen-bond donors (Lipinski definition) is 5. The van der Waals surface area contributed by atoms with E-state index in [1.807, 2.05) is 0 Å². The topological polar surface area (TPSA) is 188 Å². The fourth-order valence-electron chi connectivity index (χ4n) is 5.88. The van der Waals surface area contributed by atoms with Crippen molar-refractivity contribution in [2.75, 3.05) is 5.73 Å². The summed E-state index contributed by atoms with van der Waals surface area (Å²) in [7, 11) is 0. The lowest BCUT2D eigenvalue weighted by Crippen LogP contribution is -2.52. The second kappa shape index (κ2) is 10.6. The van der Waals surface area contributed by atoms with Gasteiger partial charge in [0, 0.05) is 41.0 Å². The highest BCUT2D eigenvalue weighted by Gasteiger charge is 2.49. The molecule has 0 aliphatic heterocycles. The summed E-state index contributed by atoms with van der Waals surface area (Å²) in [5.41, 5.74) is 20.2. The first-order chi connectivity index (χ1) is 20.2. The van der Waals surface area contributed by atoms with Gasteiger partial charge in [0.1, 0.15) is 11.3 Å². The molecule has 4 atom stereocenters. The number of carbonyl (C=O) groups is 3. The molecule has 2 aliphatic rings. The van der Waals surface area contributed by atoms with Crippen molar-refractivity contribution in [1.29, 1.82) is 0 Å². The fourth-order valence-corrected chi connectivity index (χ4v) is 7.08. The molecule has 2 aliphatic carbocycles. The summed E-state index contributed by atoms with van der Waals surface area (Å²) in [4.78, 5) is 39.9. The van der Waals surface area contributed by atoms with Crippen LogP contribution in [0.25, 0.3) is 10.1 Å². The van der Waals surface area contributed by atoms with Crippen molar-refractivity contribution in [3.8, 4) is 11.6 Å². The van der Waals surface area contributed by atoms with Gasteiger partial charge in [0.25, 0.3) is 5.91 Å². The molecule has 0 radical (unpaired) electrons. The van der Waals surface area contributed by atoms with Crippen LogP contribution in [0.5, 0.6) is 11.6 Å². The van der Waals surface area contributed by atoms with Gasteiger partial charge >= 0.3 is 0 Å². The van der Waals surface area contributed by atoms with Crippen molar-refractivity contribution in [2.24, 2.45) is 11.5 Å². The highest BCUT2D eigenvalue weighted by molar-refractivity contribution is 7.21. The molecule has 0 bridgehead atoms. The summed E-state index contributed by atoms with van der Waals surface area (Å²) in [6.45, 7) is 3.50. The number of ether oxygens (including phenoxy) is 1. The molecule has 0 saturated heterocycles. The minimum atomic E-state index is -1.59. The van der Waals surface area contributed by atoms with Gasteiger partial charge < -0.3 is 32.6 Å². The summed E-state index contributed by atoms with van der Waals surface area (Å²) in [5.74, 6) is -0.310. The number of thiophene rings is 1. The van der Waals surface area contributed by atoms with Crippen LogP contribution in [0.4, 0.5) is 5.69 Å². The van der Waals surface area contributed by atoms with E-state index in [0.717, 1.165) is 12.8 Å². The second-order valence-corrected chi connectivity index (χ2v) is 11.4. The van der Waals surface area contributed by atoms with Gasteiger partial charge in [0.05, 0.1) is 15.6 Å². The first-order valence-corrected chi connectivity index (χ1v) is 14.3. The van der Waals surface area contributed by atoms with E-state index < -0.39 is 17.4 Å². The number of nitrogens with one attached hydrogen (secondary N) is 2. The number of Topliss-reactive ketones (excluding diaryl/α,β-unsaturated/α-hetero) is 1. The molecular weight excluding hydrogens is 554 g/mol. The molecule has 8 N–H and O–H groups in total. The van der Waals surface area contributed by atoms with Crippen molar-refractivity contribution in [1.82, 2.24) is 20.8 Å². The summed E-state index contributed by atoms with van der Waals surface area (Å²) < 4.78 is 6.37. The van der Waals surface area contributed by atoms with Gasteiger partial charge in [-0.1, -0.05) is 24.8 Å². The van der Waals surface area contributed by atoms with Crippen LogP contribution in [0.2, 0.25) is 0 Å². The Hall–Kier alpha value is -4.65. The van der Waals surface area contributed by atoms with Crippen LogP contribution in [-0.2, 0) is 15.1 Å². The van der Waals surface area contributed by atoms with Crippen LogP contribution >= 0.6 is 11.3 Å².